The normalized spacial score (nSPS) is 17.9. The number of carbonyl (C=O) groups excluding carboxylic acids is 2. The molecule has 6 nitrogen and oxygen atoms in total. The molecular weight excluding hydrogens is 426 g/mol. The Morgan fingerprint density at radius 3 is 2.41 bits per heavy atom. The van der Waals surface area contributed by atoms with Crippen LogP contribution in [0.15, 0.2) is 84.8 Å². The summed E-state index contributed by atoms with van der Waals surface area (Å²) in [5.41, 5.74) is 2.66. The van der Waals surface area contributed by atoms with E-state index in [9.17, 15) is 14.7 Å². The molecule has 158 valence electrons. The summed E-state index contributed by atoms with van der Waals surface area (Å²) in [4.78, 5) is 31.9. The number of nitrogens with zero attached hydrogens (tertiary/aromatic N) is 3. The Kier molecular flexibility index (Phi) is 4.79. The number of aryl methyl sites for hydroxylation is 1. The summed E-state index contributed by atoms with van der Waals surface area (Å²) in [6.45, 7) is 0. The van der Waals surface area contributed by atoms with Crippen molar-refractivity contribution in [3.05, 3.63) is 101 Å². The number of pyridine rings is 1. The highest BCUT2D eigenvalue weighted by molar-refractivity contribution is 6.52. The maximum Gasteiger partial charge on any atom is 0.300 e. The van der Waals surface area contributed by atoms with Crippen molar-refractivity contribution in [1.82, 2.24) is 9.55 Å². The maximum atomic E-state index is 13.2. The molecule has 4 aromatic rings. The SMILES string of the molecule is Cn1cc(C2/C(=C(\O)c3ccncc3)C(=O)C(=O)N2c2ccc(Cl)cc2)c2ccccc21. The van der Waals surface area contributed by atoms with E-state index in [1.165, 1.54) is 17.3 Å². The number of halogens is 1. The third kappa shape index (κ3) is 3.08. The smallest absolute Gasteiger partial charge is 0.300 e. The number of hydrogen-bond donors (Lipinski definition) is 1. The van der Waals surface area contributed by atoms with Crippen LogP contribution in [0.25, 0.3) is 16.7 Å². The minimum Gasteiger partial charge on any atom is -0.507 e. The Balaban J connectivity index is 1.81. The molecule has 1 fully saturated rings. The molecule has 1 saturated heterocycles. The van der Waals surface area contributed by atoms with Crippen LogP contribution in [-0.4, -0.2) is 26.3 Å². The van der Waals surface area contributed by atoms with Gasteiger partial charge in [-0.1, -0.05) is 29.8 Å². The topological polar surface area (TPSA) is 75.4 Å². The fourth-order valence-corrected chi connectivity index (χ4v) is 4.38. The van der Waals surface area contributed by atoms with Crippen molar-refractivity contribution in [1.29, 1.82) is 0 Å². The lowest BCUT2D eigenvalue weighted by Gasteiger charge is -2.25. The number of amides is 1. The van der Waals surface area contributed by atoms with Crippen molar-refractivity contribution in [2.24, 2.45) is 7.05 Å². The third-order valence-electron chi connectivity index (χ3n) is 5.73. The first-order chi connectivity index (χ1) is 15.5. The van der Waals surface area contributed by atoms with Crippen molar-refractivity contribution >= 4 is 45.6 Å². The molecule has 32 heavy (non-hydrogen) atoms. The molecule has 2 aromatic heterocycles. The number of fused-ring (bicyclic) bond motifs is 1. The number of ketones is 1. The molecule has 1 N–H and O–H groups in total. The monoisotopic (exact) mass is 443 g/mol. The molecule has 2 aromatic carbocycles. The highest BCUT2D eigenvalue weighted by Gasteiger charge is 2.47. The molecule has 0 spiro atoms. The van der Waals surface area contributed by atoms with E-state index in [0.717, 1.165) is 16.5 Å². The van der Waals surface area contributed by atoms with E-state index in [-0.39, 0.29) is 11.3 Å². The van der Waals surface area contributed by atoms with Crippen molar-refractivity contribution in [3.63, 3.8) is 0 Å². The molecule has 3 heterocycles. The highest BCUT2D eigenvalue weighted by Crippen LogP contribution is 2.44. The number of aliphatic hydroxyl groups is 1. The lowest BCUT2D eigenvalue weighted by atomic mass is 9.95. The minimum atomic E-state index is -0.810. The zero-order chi connectivity index (χ0) is 22.4. The zero-order valence-electron chi connectivity index (χ0n) is 17.1. The first-order valence-corrected chi connectivity index (χ1v) is 10.4. The summed E-state index contributed by atoms with van der Waals surface area (Å²) in [7, 11) is 1.91. The predicted molar refractivity (Wildman–Crippen MR) is 123 cm³/mol. The number of rotatable bonds is 3. The van der Waals surface area contributed by atoms with Gasteiger partial charge in [0.1, 0.15) is 5.76 Å². The number of hydrogen-bond acceptors (Lipinski definition) is 4. The molecule has 5 rings (SSSR count). The van der Waals surface area contributed by atoms with Crippen LogP contribution >= 0.6 is 11.6 Å². The molecule has 1 aliphatic rings. The van der Waals surface area contributed by atoms with Gasteiger partial charge in [-0.2, -0.15) is 0 Å². The van der Waals surface area contributed by atoms with Gasteiger partial charge in [0.25, 0.3) is 11.7 Å². The van der Waals surface area contributed by atoms with Crippen LogP contribution in [0, 0.1) is 0 Å². The Labute approximate surface area is 189 Å². The Hall–Kier alpha value is -3.90. The molecule has 0 saturated carbocycles. The largest absolute Gasteiger partial charge is 0.507 e. The maximum absolute atomic E-state index is 13.2. The fraction of sp³-hybridized carbons (Fsp3) is 0.0800. The van der Waals surface area contributed by atoms with E-state index in [4.69, 9.17) is 11.6 Å². The second-order valence-corrected chi connectivity index (χ2v) is 8.03. The van der Waals surface area contributed by atoms with Crippen LogP contribution in [0.2, 0.25) is 5.02 Å². The molecule has 1 unspecified atom stereocenters. The average molecular weight is 444 g/mol. The lowest BCUT2D eigenvalue weighted by Crippen LogP contribution is -2.29. The van der Waals surface area contributed by atoms with Gasteiger partial charge in [0.2, 0.25) is 0 Å². The number of benzene rings is 2. The number of anilines is 1. The van der Waals surface area contributed by atoms with Crippen molar-refractivity contribution in [3.8, 4) is 0 Å². The molecule has 0 aliphatic carbocycles. The quantitative estimate of drug-likeness (QED) is 0.279. The molecule has 1 amide bonds. The second-order valence-electron chi connectivity index (χ2n) is 7.59. The van der Waals surface area contributed by atoms with E-state index in [0.29, 0.717) is 16.3 Å². The van der Waals surface area contributed by atoms with E-state index in [2.05, 4.69) is 4.98 Å². The molecule has 0 bridgehead atoms. The fourth-order valence-electron chi connectivity index (χ4n) is 4.25. The second kappa shape index (κ2) is 7.66. The number of carbonyl (C=O) groups is 2. The molecule has 0 radical (unpaired) electrons. The van der Waals surface area contributed by atoms with E-state index in [1.807, 2.05) is 42.1 Å². The highest BCUT2D eigenvalue weighted by atomic mass is 35.5. The van der Waals surface area contributed by atoms with Crippen LogP contribution in [0.1, 0.15) is 17.2 Å². The summed E-state index contributed by atoms with van der Waals surface area (Å²) >= 11 is 6.05. The van der Waals surface area contributed by atoms with Gasteiger partial charge in [-0.15, -0.1) is 0 Å². The molecular formula is C25H18ClN3O3. The van der Waals surface area contributed by atoms with Crippen LogP contribution < -0.4 is 4.90 Å². The number of aliphatic hydroxyl groups excluding tert-OH is 1. The average Bonchev–Trinajstić information content (AvgIpc) is 3.28. The van der Waals surface area contributed by atoms with Gasteiger partial charge < -0.3 is 9.67 Å². The number of para-hydroxylation sites is 1. The van der Waals surface area contributed by atoms with Gasteiger partial charge in [-0.05, 0) is 42.5 Å². The van der Waals surface area contributed by atoms with Gasteiger partial charge in [-0.25, -0.2) is 0 Å². The summed E-state index contributed by atoms with van der Waals surface area (Å²) < 4.78 is 1.94. The van der Waals surface area contributed by atoms with Crippen molar-refractivity contribution < 1.29 is 14.7 Å². The van der Waals surface area contributed by atoms with Gasteiger partial charge >= 0.3 is 0 Å². The van der Waals surface area contributed by atoms with Crippen molar-refractivity contribution in [2.45, 2.75) is 6.04 Å². The Bertz CT molecular complexity index is 1390. The van der Waals surface area contributed by atoms with Crippen LogP contribution in [0.5, 0.6) is 0 Å². The third-order valence-corrected chi connectivity index (χ3v) is 5.98. The molecule has 7 heteroatoms. The minimum absolute atomic E-state index is 0.0347. The van der Waals surface area contributed by atoms with E-state index in [1.54, 1.807) is 36.4 Å². The van der Waals surface area contributed by atoms with Gasteiger partial charge in [0.05, 0.1) is 11.6 Å². The summed E-state index contributed by atoms with van der Waals surface area (Å²) in [6, 6.07) is 16.9. The van der Waals surface area contributed by atoms with Crippen LogP contribution in [-0.2, 0) is 16.6 Å². The van der Waals surface area contributed by atoms with Gasteiger partial charge in [-0.3, -0.25) is 19.5 Å². The van der Waals surface area contributed by atoms with E-state index >= 15 is 0 Å². The lowest BCUT2D eigenvalue weighted by molar-refractivity contribution is -0.132. The number of aromatic nitrogens is 2. The first kappa shape index (κ1) is 20.0. The summed E-state index contributed by atoms with van der Waals surface area (Å²) in [6.07, 6.45) is 4.94. The number of Topliss-reactive ketones (excluding diaryl/α,β-unsaturated/α-hetero) is 1. The van der Waals surface area contributed by atoms with Gasteiger partial charge in [0.15, 0.2) is 0 Å². The predicted octanol–water partition coefficient (Wildman–Crippen LogP) is 4.85. The van der Waals surface area contributed by atoms with Crippen molar-refractivity contribution in [2.75, 3.05) is 4.90 Å². The molecule has 1 aliphatic heterocycles. The van der Waals surface area contributed by atoms with Crippen LogP contribution in [0.4, 0.5) is 5.69 Å². The summed E-state index contributed by atoms with van der Waals surface area (Å²) in [5, 5.41) is 12.6. The molecule has 1 atom stereocenters. The summed E-state index contributed by atoms with van der Waals surface area (Å²) in [5.74, 6) is -1.69. The van der Waals surface area contributed by atoms with E-state index < -0.39 is 17.7 Å². The Morgan fingerprint density at radius 2 is 1.69 bits per heavy atom. The standard InChI is InChI=1S/C25H18ClN3O3/c1-28-14-19(18-4-2-3-5-20(18)28)22-21(23(30)15-10-12-27-13-11-15)24(31)25(32)29(22)17-8-6-16(26)7-9-17/h2-14,22,30H,1H3/b23-21+. The zero-order valence-corrected chi connectivity index (χ0v) is 17.8. The van der Waals surface area contributed by atoms with Crippen LogP contribution in [0.3, 0.4) is 0 Å². The first-order valence-electron chi connectivity index (χ1n) is 9.98. The van der Waals surface area contributed by atoms with Gasteiger partial charge in [0, 0.05) is 58.4 Å². The Morgan fingerprint density at radius 1 is 1.00 bits per heavy atom.